The highest BCUT2D eigenvalue weighted by molar-refractivity contribution is 5.96. The van der Waals surface area contributed by atoms with Crippen molar-refractivity contribution in [1.29, 1.82) is 0 Å². The van der Waals surface area contributed by atoms with Crippen molar-refractivity contribution in [3.8, 4) is 5.75 Å². The van der Waals surface area contributed by atoms with E-state index < -0.39 is 5.97 Å². The Morgan fingerprint density at radius 2 is 1.62 bits per heavy atom. The molecule has 21 heavy (non-hydrogen) atoms. The molecule has 2 N–H and O–H groups in total. The molecule has 0 unspecified atom stereocenters. The van der Waals surface area contributed by atoms with Gasteiger partial charge in [0.2, 0.25) is 0 Å². The molecular formula is C15H20N2O4. The summed E-state index contributed by atoms with van der Waals surface area (Å²) in [6.45, 7) is 0.931. The number of carbonyl (C=O) groups excluding carboxylic acids is 1. The highest BCUT2D eigenvalue weighted by atomic mass is 16.4. The number of hydrogen-bond donors (Lipinski definition) is 2. The molecular weight excluding hydrogens is 272 g/mol. The van der Waals surface area contributed by atoms with Crippen LogP contribution in [0.4, 0.5) is 10.5 Å². The number of urea groups is 1. The zero-order valence-electron chi connectivity index (χ0n) is 11.9. The van der Waals surface area contributed by atoms with E-state index in [1.807, 2.05) is 0 Å². The molecule has 6 nitrogen and oxygen atoms in total. The molecule has 6 heteroatoms. The molecule has 0 radical (unpaired) electrons. The van der Waals surface area contributed by atoms with Crippen LogP contribution in [0.3, 0.4) is 0 Å². The number of nitrogens with zero attached hydrogens (tertiary/aromatic N) is 2. The first-order chi connectivity index (χ1) is 10.1. The van der Waals surface area contributed by atoms with Crippen LogP contribution in [-0.2, 0) is 4.79 Å². The SMILES string of the molecule is O=C(O)CN(C(=O)N1CCCCCC1)c1ccc(O)cc1. The number of aliphatic carboxylic acids is 1. The molecule has 0 atom stereocenters. The lowest BCUT2D eigenvalue weighted by Crippen LogP contribution is -2.46. The van der Waals surface area contributed by atoms with E-state index in [1.165, 1.54) is 17.0 Å². The second-order valence-corrected chi connectivity index (χ2v) is 5.18. The summed E-state index contributed by atoms with van der Waals surface area (Å²) in [4.78, 5) is 26.6. The Morgan fingerprint density at radius 3 is 2.14 bits per heavy atom. The van der Waals surface area contributed by atoms with Gasteiger partial charge < -0.3 is 15.1 Å². The second kappa shape index (κ2) is 6.97. The molecule has 2 rings (SSSR count). The van der Waals surface area contributed by atoms with Crippen molar-refractivity contribution >= 4 is 17.7 Å². The van der Waals surface area contributed by atoms with E-state index in [1.54, 1.807) is 17.0 Å². The minimum absolute atomic E-state index is 0.0799. The van der Waals surface area contributed by atoms with Crippen molar-refractivity contribution in [2.45, 2.75) is 25.7 Å². The fraction of sp³-hybridized carbons (Fsp3) is 0.467. The number of aromatic hydroxyl groups is 1. The third-order valence-corrected chi connectivity index (χ3v) is 3.56. The Balaban J connectivity index is 2.19. The lowest BCUT2D eigenvalue weighted by atomic mass is 10.2. The lowest BCUT2D eigenvalue weighted by molar-refractivity contribution is -0.135. The Hall–Kier alpha value is -2.24. The first kappa shape index (κ1) is 15.2. The van der Waals surface area contributed by atoms with Crippen LogP contribution < -0.4 is 4.90 Å². The third kappa shape index (κ3) is 4.11. The summed E-state index contributed by atoms with van der Waals surface area (Å²) in [5, 5.41) is 18.4. The van der Waals surface area contributed by atoms with E-state index >= 15 is 0 Å². The lowest BCUT2D eigenvalue weighted by Gasteiger charge is -2.29. The zero-order chi connectivity index (χ0) is 15.2. The largest absolute Gasteiger partial charge is 0.508 e. The summed E-state index contributed by atoms with van der Waals surface area (Å²) in [6, 6.07) is 5.70. The molecule has 1 aliphatic rings. The van der Waals surface area contributed by atoms with Crippen molar-refractivity contribution < 1.29 is 19.8 Å². The van der Waals surface area contributed by atoms with Crippen molar-refractivity contribution in [2.24, 2.45) is 0 Å². The molecule has 0 aromatic heterocycles. The number of rotatable bonds is 3. The molecule has 114 valence electrons. The average molecular weight is 292 g/mol. The number of hydrogen-bond acceptors (Lipinski definition) is 3. The predicted molar refractivity (Wildman–Crippen MR) is 78.5 cm³/mol. The van der Waals surface area contributed by atoms with Gasteiger partial charge in [-0.1, -0.05) is 12.8 Å². The number of carboxylic acid groups (broad SMARTS) is 1. The van der Waals surface area contributed by atoms with Gasteiger partial charge in [0, 0.05) is 18.8 Å². The van der Waals surface area contributed by atoms with E-state index in [2.05, 4.69) is 0 Å². The molecule has 0 saturated carbocycles. The third-order valence-electron chi connectivity index (χ3n) is 3.56. The number of likely N-dealkylation sites (tertiary alicyclic amines) is 1. The van der Waals surface area contributed by atoms with E-state index in [0.29, 0.717) is 18.8 Å². The van der Waals surface area contributed by atoms with Gasteiger partial charge in [-0.25, -0.2) is 4.79 Å². The molecule has 0 bridgehead atoms. The minimum atomic E-state index is -1.06. The van der Waals surface area contributed by atoms with E-state index in [-0.39, 0.29) is 18.3 Å². The number of phenols is 1. The Morgan fingerprint density at radius 1 is 1.05 bits per heavy atom. The summed E-state index contributed by atoms with van der Waals surface area (Å²) < 4.78 is 0. The number of carbonyl (C=O) groups is 2. The second-order valence-electron chi connectivity index (χ2n) is 5.18. The van der Waals surface area contributed by atoms with Crippen molar-refractivity contribution in [3.63, 3.8) is 0 Å². The average Bonchev–Trinajstić information content (AvgIpc) is 2.74. The molecule has 1 aromatic rings. The van der Waals surface area contributed by atoms with Gasteiger partial charge in [-0.3, -0.25) is 9.69 Å². The molecule has 0 spiro atoms. The minimum Gasteiger partial charge on any atom is -0.508 e. The maximum Gasteiger partial charge on any atom is 0.325 e. The highest BCUT2D eigenvalue weighted by Crippen LogP contribution is 2.21. The number of anilines is 1. The molecule has 1 heterocycles. The van der Waals surface area contributed by atoms with Gasteiger partial charge in [0.25, 0.3) is 0 Å². The van der Waals surface area contributed by atoms with Crippen LogP contribution in [0.5, 0.6) is 5.75 Å². The number of amides is 2. The van der Waals surface area contributed by atoms with Crippen molar-refractivity contribution in [2.75, 3.05) is 24.5 Å². The molecule has 1 aliphatic heterocycles. The highest BCUT2D eigenvalue weighted by Gasteiger charge is 2.24. The van der Waals surface area contributed by atoms with E-state index in [4.69, 9.17) is 5.11 Å². The summed E-state index contributed by atoms with van der Waals surface area (Å²) in [5.74, 6) is -0.984. The van der Waals surface area contributed by atoms with Gasteiger partial charge in [0.05, 0.1) is 0 Å². The first-order valence-electron chi connectivity index (χ1n) is 7.15. The summed E-state index contributed by atoms with van der Waals surface area (Å²) in [6.07, 6.45) is 4.09. The normalized spacial score (nSPS) is 15.3. The predicted octanol–water partition coefficient (Wildman–Crippen LogP) is 2.28. The maximum atomic E-state index is 12.6. The van der Waals surface area contributed by atoms with Crippen LogP contribution in [0.15, 0.2) is 24.3 Å². The van der Waals surface area contributed by atoms with E-state index in [0.717, 1.165) is 25.7 Å². The summed E-state index contributed by atoms with van der Waals surface area (Å²) in [7, 11) is 0. The smallest absolute Gasteiger partial charge is 0.325 e. The van der Waals surface area contributed by atoms with Crippen LogP contribution in [0.25, 0.3) is 0 Å². The van der Waals surface area contributed by atoms with Gasteiger partial charge in [-0.15, -0.1) is 0 Å². The van der Waals surface area contributed by atoms with Gasteiger partial charge in [-0.2, -0.15) is 0 Å². The standard InChI is InChI=1S/C15H20N2O4/c18-13-7-5-12(6-8-13)17(11-14(19)20)15(21)16-9-3-1-2-4-10-16/h5-8,18H,1-4,9-11H2,(H,19,20). The zero-order valence-corrected chi connectivity index (χ0v) is 11.9. The molecule has 1 fully saturated rings. The molecule has 0 aliphatic carbocycles. The number of benzene rings is 1. The van der Waals surface area contributed by atoms with Crippen LogP contribution in [-0.4, -0.2) is 46.7 Å². The number of carboxylic acids is 1. The summed E-state index contributed by atoms with van der Waals surface area (Å²) >= 11 is 0. The Bertz CT molecular complexity index is 493. The van der Waals surface area contributed by atoms with Gasteiger partial charge >= 0.3 is 12.0 Å². The monoisotopic (exact) mass is 292 g/mol. The molecule has 2 amide bonds. The fourth-order valence-electron chi connectivity index (χ4n) is 2.47. The van der Waals surface area contributed by atoms with Crippen LogP contribution in [0.1, 0.15) is 25.7 Å². The molecule has 1 aromatic carbocycles. The van der Waals surface area contributed by atoms with Gasteiger partial charge in [0.1, 0.15) is 12.3 Å². The van der Waals surface area contributed by atoms with Crippen LogP contribution in [0.2, 0.25) is 0 Å². The first-order valence-corrected chi connectivity index (χ1v) is 7.15. The van der Waals surface area contributed by atoms with Crippen LogP contribution in [0, 0.1) is 0 Å². The summed E-state index contributed by atoms with van der Waals surface area (Å²) in [5.41, 5.74) is 0.476. The van der Waals surface area contributed by atoms with Crippen molar-refractivity contribution in [3.05, 3.63) is 24.3 Å². The Kier molecular flexibility index (Phi) is 5.03. The Labute approximate surface area is 123 Å². The van der Waals surface area contributed by atoms with Crippen molar-refractivity contribution in [1.82, 2.24) is 4.90 Å². The van der Waals surface area contributed by atoms with Gasteiger partial charge in [0.15, 0.2) is 0 Å². The van der Waals surface area contributed by atoms with E-state index in [9.17, 15) is 14.7 Å². The quantitative estimate of drug-likeness (QED) is 0.895. The molecule has 1 saturated heterocycles. The van der Waals surface area contributed by atoms with Crippen LogP contribution >= 0.6 is 0 Å². The number of phenolic OH excluding ortho intramolecular Hbond substituents is 1. The maximum absolute atomic E-state index is 12.6. The fourth-order valence-corrected chi connectivity index (χ4v) is 2.47. The van der Waals surface area contributed by atoms with Gasteiger partial charge in [-0.05, 0) is 37.1 Å². The topological polar surface area (TPSA) is 81.1 Å².